The second kappa shape index (κ2) is 20.0. The van der Waals surface area contributed by atoms with E-state index in [1.54, 1.807) is 12.4 Å². The van der Waals surface area contributed by atoms with E-state index in [1.165, 1.54) is 24.1 Å². The number of thioether (sulfide) groups is 1. The number of hydrazine groups is 1. The number of carbonyl (C=O) groups is 1. The summed E-state index contributed by atoms with van der Waals surface area (Å²) in [4.78, 5) is 33.9. The Labute approximate surface area is 420 Å². The van der Waals surface area contributed by atoms with Crippen molar-refractivity contribution < 1.29 is 19.0 Å². The molecule has 7 unspecified atom stereocenters. The van der Waals surface area contributed by atoms with Crippen molar-refractivity contribution in [2.24, 2.45) is 39.0 Å². The van der Waals surface area contributed by atoms with Crippen LogP contribution < -0.4 is 35.9 Å². The van der Waals surface area contributed by atoms with Crippen LogP contribution in [-0.4, -0.2) is 107 Å². The molecule has 15 heteroatoms. The van der Waals surface area contributed by atoms with E-state index in [1.807, 2.05) is 18.2 Å². The van der Waals surface area contributed by atoms with Crippen molar-refractivity contribution in [2.45, 2.75) is 161 Å². The van der Waals surface area contributed by atoms with Crippen molar-refractivity contribution in [3.8, 4) is 17.6 Å². The number of aryl methyl sites for hydroxylation is 1. The predicted octanol–water partition coefficient (Wildman–Crippen LogP) is 8.07. The normalized spacial score (nSPS) is 34.2. The number of nitriles is 1. The monoisotopic (exact) mass is 973 g/mol. The summed E-state index contributed by atoms with van der Waals surface area (Å²) in [7, 11) is 0. The number of nitrogens with one attached hydrogen (secondary N) is 4. The summed E-state index contributed by atoms with van der Waals surface area (Å²) in [6, 6.07) is 16.8. The molecule has 70 heavy (non-hydrogen) atoms. The number of aromatic nitrogens is 2. The Morgan fingerprint density at radius 1 is 1.03 bits per heavy atom. The number of carbonyl (C=O) groups excluding carboxylic acids is 1. The second-order valence-corrected chi connectivity index (χ2v) is 24.4. The van der Waals surface area contributed by atoms with Gasteiger partial charge in [0.25, 0.3) is 5.91 Å². The maximum atomic E-state index is 13.8. The molecular weight excluding hydrogens is 897 g/mol. The number of fused-ring (bicyclic) bond motifs is 3. The van der Waals surface area contributed by atoms with E-state index >= 15 is 0 Å². The topological polar surface area (TPSA) is 161 Å². The molecule has 1 amide bonds. The fourth-order valence-electron chi connectivity index (χ4n) is 13.8. The first-order valence-electron chi connectivity index (χ1n) is 26.4. The average Bonchev–Trinajstić information content (AvgIpc) is 4.16. The number of amides is 1. The maximum absolute atomic E-state index is 13.8. The van der Waals surface area contributed by atoms with Gasteiger partial charge < -0.3 is 24.4 Å². The van der Waals surface area contributed by atoms with Gasteiger partial charge in [0.15, 0.2) is 0 Å². The first-order valence-corrected chi connectivity index (χ1v) is 27.3. The third kappa shape index (κ3) is 9.46. The third-order valence-electron chi connectivity index (χ3n) is 17.4. The van der Waals surface area contributed by atoms with Gasteiger partial charge in [-0.2, -0.15) is 5.26 Å². The summed E-state index contributed by atoms with van der Waals surface area (Å²) in [6.45, 7) is 22.0. The highest BCUT2D eigenvalue weighted by molar-refractivity contribution is 8.00. The van der Waals surface area contributed by atoms with Gasteiger partial charge >= 0.3 is 0 Å². The van der Waals surface area contributed by atoms with E-state index < -0.39 is 0 Å². The molecule has 6 fully saturated rings. The number of nitrogens with zero attached hydrogens (tertiary/aromatic N) is 6. The predicted molar refractivity (Wildman–Crippen MR) is 276 cm³/mol. The minimum atomic E-state index is -0.337. The Balaban J connectivity index is 0.738. The zero-order valence-electron chi connectivity index (χ0n) is 42.7. The van der Waals surface area contributed by atoms with E-state index in [2.05, 4.69) is 129 Å². The highest BCUT2D eigenvalue weighted by Crippen LogP contribution is 2.56. The van der Waals surface area contributed by atoms with Gasteiger partial charge in [0.2, 0.25) is 5.95 Å². The number of hydrogen-bond acceptors (Lipinski definition) is 14. The summed E-state index contributed by atoms with van der Waals surface area (Å²) in [5, 5.41) is 17.4. The number of unbranched alkanes of at least 4 members (excludes halogenated alkanes) is 1. The zero-order chi connectivity index (χ0) is 49.0. The lowest BCUT2D eigenvalue weighted by Gasteiger charge is -2.63. The molecule has 2 saturated carbocycles. The smallest absolute Gasteiger partial charge is 0.254 e. The molecule has 5 aliphatic heterocycles. The Kier molecular flexibility index (Phi) is 14.1. The van der Waals surface area contributed by atoms with E-state index in [4.69, 9.17) is 29.2 Å². The van der Waals surface area contributed by atoms with Crippen LogP contribution in [0, 0.1) is 45.3 Å². The summed E-state index contributed by atoms with van der Waals surface area (Å²) < 4.78 is 19.3. The molecule has 6 heterocycles. The minimum absolute atomic E-state index is 0.0148. The number of anilines is 1. The minimum Gasteiger partial charge on any atom is -0.493 e. The van der Waals surface area contributed by atoms with Crippen molar-refractivity contribution in [1.29, 1.82) is 5.26 Å². The van der Waals surface area contributed by atoms with Crippen LogP contribution in [0.2, 0.25) is 0 Å². The molecule has 7 aliphatic rings. The van der Waals surface area contributed by atoms with Crippen LogP contribution in [0.5, 0.6) is 11.5 Å². The molecule has 1 aromatic heterocycles. The summed E-state index contributed by atoms with van der Waals surface area (Å²) >= 11 is 2.10. The van der Waals surface area contributed by atoms with Gasteiger partial charge in [0.05, 0.1) is 54.2 Å². The highest BCUT2D eigenvalue weighted by atomic mass is 32.2. The number of benzene rings is 2. The van der Waals surface area contributed by atoms with Crippen LogP contribution in [0.4, 0.5) is 5.95 Å². The molecule has 1 spiro atoms. The van der Waals surface area contributed by atoms with Gasteiger partial charge in [-0.05, 0) is 123 Å². The van der Waals surface area contributed by atoms with Crippen molar-refractivity contribution in [3.05, 3.63) is 77.1 Å². The third-order valence-corrected chi connectivity index (χ3v) is 19.0. The Morgan fingerprint density at radius 3 is 2.53 bits per heavy atom. The molecule has 0 radical (unpaired) electrons. The molecule has 4 saturated heterocycles. The summed E-state index contributed by atoms with van der Waals surface area (Å²) in [5.74, 6) is 3.48. The van der Waals surface area contributed by atoms with Gasteiger partial charge in [-0.1, -0.05) is 54.9 Å². The van der Waals surface area contributed by atoms with Crippen LogP contribution in [-0.2, 0) is 11.2 Å². The SMILES string of the molecule is CCCCc1cc(OC2C(C)(C)C(NC(=O)c3cnc(N4CCC[C@@]5(CC[C@H](COc6ccc(C7=N[C@@H](CC8NCCO8)C8NNC(C)N8C8SC(C)C(C)C78)cc6)C5)C4)nc3)C2(C)C)ccc1C#N. The van der Waals surface area contributed by atoms with Crippen molar-refractivity contribution in [1.82, 2.24) is 36.4 Å². The van der Waals surface area contributed by atoms with Crippen molar-refractivity contribution >= 4 is 29.3 Å². The largest absolute Gasteiger partial charge is 0.493 e. The highest BCUT2D eigenvalue weighted by Gasteiger charge is 2.64. The van der Waals surface area contributed by atoms with Gasteiger partial charge in [-0.25, -0.2) is 20.8 Å². The number of aliphatic imine (C=N–C) groups is 1. The second-order valence-electron chi connectivity index (χ2n) is 22.9. The average molecular weight is 973 g/mol. The summed E-state index contributed by atoms with van der Waals surface area (Å²) in [6.07, 6.45) is 13.0. The molecule has 2 aromatic carbocycles. The fourth-order valence-corrected chi connectivity index (χ4v) is 15.6. The van der Waals surface area contributed by atoms with Crippen molar-refractivity contribution in [3.63, 3.8) is 0 Å². The number of hydrogen-bond donors (Lipinski definition) is 4. The molecular formula is C55H76N10O4S. The lowest BCUT2D eigenvalue weighted by Crippen LogP contribution is -2.74. The van der Waals surface area contributed by atoms with E-state index in [-0.39, 0.29) is 58.9 Å². The molecule has 4 N–H and O–H groups in total. The van der Waals surface area contributed by atoms with Crippen LogP contribution in [0.1, 0.15) is 134 Å². The maximum Gasteiger partial charge on any atom is 0.254 e. The number of rotatable bonds is 14. The number of piperidine rings is 1. The lowest BCUT2D eigenvalue weighted by atomic mass is 9.49. The van der Waals surface area contributed by atoms with Gasteiger partial charge in [0, 0.05) is 72.2 Å². The lowest BCUT2D eigenvalue weighted by molar-refractivity contribution is -0.164. The van der Waals surface area contributed by atoms with Crippen LogP contribution >= 0.6 is 11.8 Å². The number of ether oxygens (including phenoxy) is 3. The standard InChI is InChI=1S/C55H76N10O4S/c1-9-10-12-38-25-42(18-15-39(38)28-56)69-51-53(5,6)50(54(51,7)8)61-48(66)40-29-58-52(59-30-40)64-23-11-20-55(32-64)21-19-36(27-55)31-68-41-16-13-37(14-17-41)46-45-33(2)34(3)70-49(45)65-35(4)62-63-47(65)43(60-46)26-44-57-22-24-67-44/h13-18,25,29-30,33-36,43-45,47,49-51,57,62-63H,9-12,19-24,26-27,31-32H2,1-8H3,(H,61,66)/t33?,34?,35?,36-,43-,44?,45?,47?,49?,50?,51?,55-/m0/s1. The van der Waals surface area contributed by atoms with Gasteiger partial charge in [0.1, 0.15) is 23.8 Å². The zero-order valence-corrected chi connectivity index (χ0v) is 43.5. The van der Waals surface area contributed by atoms with E-state index in [0.717, 1.165) is 88.2 Å². The Hall–Kier alpha value is -4.30. The quantitative estimate of drug-likeness (QED) is 0.123. The first-order chi connectivity index (χ1) is 33.7. The summed E-state index contributed by atoms with van der Waals surface area (Å²) in [5.41, 5.74) is 11.3. The fraction of sp³-hybridized carbons (Fsp3) is 0.655. The molecule has 10 atom stereocenters. The van der Waals surface area contributed by atoms with Crippen molar-refractivity contribution in [2.75, 3.05) is 37.7 Å². The molecule has 2 aliphatic carbocycles. The van der Waals surface area contributed by atoms with E-state index in [9.17, 15) is 10.1 Å². The van der Waals surface area contributed by atoms with Gasteiger partial charge in [-0.15, -0.1) is 11.8 Å². The van der Waals surface area contributed by atoms with Gasteiger partial charge in [-0.3, -0.25) is 20.0 Å². The van der Waals surface area contributed by atoms with Crippen LogP contribution in [0.25, 0.3) is 0 Å². The molecule has 3 aromatic rings. The Bertz CT molecular complexity index is 2410. The van der Waals surface area contributed by atoms with Crippen LogP contribution in [0.15, 0.2) is 59.9 Å². The first kappa shape index (κ1) is 49.3. The molecule has 376 valence electrons. The molecule has 14 nitrogen and oxygen atoms in total. The van der Waals surface area contributed by atoms with Crippen LogP contribution in [0.3, 0.4) is 0 Å². The Morgan fingerprint density at radius 2 is 1.80 bits per heavy atom. The molecule has 10 rings (SSSR count). The molecule has 0 bridgehead atoms. The van der Waals surface area contributed by atoms with E-state index in [0.29, 0.717) is 52.1 Å².